The quantitative estimate of drug-likeness (QED) is 0.202. The van der Waals surface area contributed by atoms with E-state index in [-0.39, 0.29) is 0 Å². The van der Waals surface area contributed by atoms with E-state index in [4.69, 9.17) is 10.5 Å². The van der Waals surface area contributed by atoms with Gasteiger partial charge in [0.05, 0.1) is 6.61 Å². The molecule has 1 aliphatic rings. The van der Waals surface area contributed by atoms with Crippen LogP contribution in [0.3, 0.4) is 0 Å². The maximum Gasteiger partial charge on any atom is 0.0663 e. The van der Waals surface area contributed by atoms with E-state index in [0.29, 0.717) is 19.2 Å². The van der Waals surface area contributed by atoms with Crippen LogP contribution in [-0.2, 0) is 4.74 Å². The van der Waals surface area contributed by atoms with E-state index in [1.807, 2.05) is 13.1 Å². The van der Waals surface area contributed by atoms with E-state index >= 15 is 0 Å². The van der Waals surface area contributed by atoms with Crippen LogP contribution in [0.4, 0.5) is 0 Å². The molecule has 0 amide bonds. The van der Waals surface area contributed by atoms with Crippen LogP contribution in [0.5, 0.6) is 0 Å². The third-order valence-corrected chi connectivity index (χ3v) is 4.94. The molecule has 6 N–H and O–H groups in total. The molecule has 1 aliphatic heterocycles. The summed E-state index contributed by atoms with van der Waals surface area (Å²) in [5.41, 5.74) is 6.33. The number of ether oxygens (including phenoxy) is 1. The second-order valence-corrected chi connectivity index (χ2v) is 7.77. The van der Waals surface area contributed by atoms with Crippen molar-refractivity contribution in [2.24, 2.45) is 11.7 Å². The van der Waals surface area contributed by atoms with Crippen LogP contribution in [0.15, 0.2) is 24.9 Å². The first-order chi connectivity index (χ1) is 13.6. The van der Waals surface area contributed by atoms with Crippen LogP contribution < -0.4 is 27.0 Å². The molecule has 0 radical (unpaired) electrons. The fourth-order valence-electron chi connectivity index (χ4n) is 3.23. The van der Waals surface area contributed by atoms with Crippen LogP contribution in [-0.4, -0.2) is 65.6 Å². The molecule has 1 saturated heterocycles. The third kappa shape index (κ3) is 16.1. The fourth-order valence-corrected chi connectivity index (χ4v) is 3.23. The van der Waals surface area contributed by atoms with Crippen molar-refractivity contribution >= 4 is 0 Å². The Morgan fingerprint density at radius 3 is 2.71 bits per heavy atom. The molecule has 0 spiro atoms. The Labute approximate surface area is 174 Å². The van der Waals surface area contributed by atoms with E-state index in [0.717, 1.165) is 56.6 Å². The Bertz CT molecular complexity index is 372. The van der Waals surface area contributed by atoms with Crippen LogP contribution in [0.1, 0.15) is 45.4 Å². The summed E-state index contributed by atoms with van der Waals surface area (Å²) in [7, 11) is 3.66. The molecule has 28 heavy (non-hydrogen) atoms. The van der Waals surface area contributed by atoms with Crippen molar-refractivity contribution < 1.29 is 4.74 Å². The number of hydrogen-bond acceptors (Lipinski definition) is 6. The van der Waals surface area contributed by atoms with Gasteiger partial charge in [0.2, 0.25) is 0 Å². The van der Waals surface area contributed by atoms with E-state index in [1.54, 1.807) is 7.11 Å². The van der Waals surface area contributed by atoms with Gasteiger partial charge >= 0.3 is 0 Å². The zero-order valence-corrected chi connectivity index (χ0v) is 18.7. The van der Waals surface area contributed by atoms with Crippen LogP contribution in [0.25, 0.3) is 0 Å². The predicted molar refractivity (Wildman–Crippen MR) is 123 cm³/mol. The van der Waals surface area contributed by atoms with Gasteiger partial charge in [0.1, 0.15) is 0 Å². The van der Waals surface area contributed by atoms with Crippen molar-refractivity contribution in [3.05, 3.63) is 24.9 Å². The number of allylic oxidation sites excluding steroid dienone is 1. The average Bonchev–Trinajstić information content (AvgIpc) is 3.20. The van der Waals surface area contributed by atoms with E-state index in [1.165, 1.54) is 25.8 Å². The van der Waals surface area contributed by atoms with Crippen LogP contribution in [0, 0.1) is 5.92 Å². The average molecular weight is 398 g/mol. The second-order valence-electron chi connectivity index (χ2n) is 7.77. The van der Waals surface area contributed by atoms with E-state index in [2.05, 4.69) is 41.3 Å². The van der Waals surface area contributed by atoms with Crippen molar-refractivity contribution in [3.8, 4) is 0 Å². The summed E-state index contributed by atoms with van der Waals surface area (Å²) in [5, 5.41) is 13.4. The summed E-state index contributed by atoms with van der Waals surface area (Å²) in [6.45, 7) is 15.6. The maximum atomic E-state index is 5.46. The van der Waals surface area contributed by atoms with Crippen molar-refractivity contribution in [2.45, 2.75) is 57.5 Å². The van der Waals surface area contributed by atoms with Gasteiger partial charge in [-0.05, 0) is 71.1 Å². The van der Waals surface area contributed by atoms with Crippen molar-refractivity contribution in [2.75, 3.05) is 53.5 Å². The first-order valence-electron chi connectivity index (χ1n) is 10.9. The Hall–Kier alpha value is -0.920. The van der Waals surface area contributed by atoms with Crippen LogP contribution in [0.2, 0.25) is 0 Å². The highest BCUT2D eigenvalue weighted by Gasteiger charge is 2.12. The van der Waals surface area contributed by atoms with Crippen molar-refractivity contribution in [3.63, 3.8) is 0 Å². The SMILES string of the molecule is C=C(CN)NC(CCCNC)COC.C=CCC(C)CCNCC1CCCN1. The summed E-state index contributed by atoms with van der Waals surface area (Å²) >= 11 is 0. The zero-order valence-electron chi connectivity index (χ0n) is 18.7. The Morgan fingerprint density at radius 2 is 2.14 bits per heavy atom. The minimum Gasteiger partial charge on any atom is -0.383 e. The minimum absolute atomic E-state index is 0.324. The highest BCUT2D eigenvalue weighted by atomic mass is 16.5. The number of methoxy groups -OCH3 is 1. The number of nitrogens with two attached hydrogens (primary N) is 1. The van der Waals surface area contributed by atoms with Gasteiger partial charge in [-0.15, -0.1) is 6.58 Å². The van der Waals surface area contributed by atoms with E-state index < -0.39 is 0 Å². The summed E-state index contributed by atoms with van der Waals surface area (Å²) in [4.78, 5) is 0. The molecule has 6 heteroatoms. The molecule has 0 aromatic rings. The zero-order chi connectivity index (χ0) is 21.0. The monoisotopic (exact) mass is 397 g/mol. The lowest BCUT2D eigenvalue weighted by molar-refractivity contribution is 0.165. The van der Waals surface area contributed by atoms with Crippen molar-refractivity contribution in [1.82, 2.24) is 21.3 Å². The van der Waals surface area contributed by atoms with Gasteiger partial charge in [-0.1, -0.05) is 19.6 Å². The molecule has 3 atom stereocenters. The molecule has 1 fully saturated rings. The largest absolute Gasteiger partial charge is 0.383 e. The lowest BCUT2D eigenvalue weighted by Gasteiger charge is -2.19. The summed E-state index contributed by atoms with van der Waals surface area (Å²) < 4.78 is 5.12. The first-order valence-corrected chi connectivity index (χ1v) is 10.9. The molecule has 6 nitrogen and oxygen atoms in total. The molecular formula is C22H47N5O. The van der Waals surface area contributed by atoms with Gasteiger partial charge in [-0.25, -0.2) is 0 Å². The molecule has 0 saturated carbocycles. The third-order valence-electron chi connectivity index (χ3n) is 4.94. The smallest absolute Gasteiger partial charge is 0.0663 e. The number of hydrogen-bond donors (Lipinski definition) is 5. The standard InChI is InChI=1S/C12H24N2.C10H23N3O/c1-3-5-11(2)7-9-13-10-12-6-4-8-14-12;1-9(7-11)13-10(8-14-3)5-4-6-12-2/h3,11-14H,1,4-10H2,2H3;10,12-13H,1,4-8,11H2,2-3H3. The molecule has 0 aliphatic carbocycles. The second kappa shape index (κ2) is 19.4. The summed E-state index contributed by atoms with van der Waals surface area (Å²) in [5.74, 6) is 0.775. The number of nitrogens with one attached hydrogen (secondary N) is 4. The predicted octanol–water partition coefficient (Wildman–Crippen LogP) is 1.99. The summed E-state index contributed by atoms with van der Waals surface area (Å²) in [6.07, 6.45) is 9.29. The maximum absolute atomic E-state index is 5.46. The van der Waals surface area contributed by atoms with Gasteiger partial charge in [-0.3, -0.25) is 0 Å². The molecular weight excluding hydrogens is 350 g/mol. The topological polar surface area (TPSA) is 83.4 Å². The Balaban J connectivity index is 0.000000521. The fraction of sp³-hybridized carbons (Fsp3) is 0.818. The molecule has 1 rings (SSSR count). The normalized spacial score (nSPS) is 18.1. The molecule has 0 aromatic carbocycles. The molecule has 1 heterocycles. The Kier molecular flexibility index (Phi) is 18.8. The highest BCUT2D eigenvalue weighted by molar-refractivity contribution is 4.95. The Morgan fingerprint density at radius 1 is 1.36 bits per heavy atom. The molecule has 0 aromatic heterocycles. The molecule has 0 bridgehead atoms. The number of rotatable bonds is 16. The summed E-state index contributed by atoms with van der Waals surface area (Å²) in [6, 6.07) is 1.05. The molecule has 166 valence electrons. The lowest BCUT2D eigenvalue weighted by Crippen LogP contribution is -2.35. The van der Waals surface area contributed by atoms with Gasteiger partial charge in [0.15, 0.2) is 0 Å². The van der Waals surface area contributed by atoms with Gasteiger partial charge < -0.3 is 31.7 Å². The first kappa shape index (κ1) is 27.1. The van der Waals surface area contributed by atoms with E-state index in [9.17, 15) is 0 Å². The highest BCUT2D eigenvalue weighted by Crippen LogP contribution is 2.07. The van der Waals surface area contributed by atoms with Gasteiger partial charge in [0, 0.05) is 38.0 Å². The van der Waals surface area contributed by atoms with Crippen molar-refractivity contribution in [1.29, 1.82) is 0 Å². The minimum atomic E-state index is 0.324. The van der Waals surface area contributed by atoms with Gasteiger partial charge in [-0.2, -0.15) is 0 Å². The van der Waals surface area contributed by atoms with Gasteiger partial charge in [0.25, 0.3) is 0 Å². The lowest BCUT2D eigenvalue weighted by atomic mass is 10.0. The van der Waals surface area contributed by atoms with Crippen LogP contribution >= 0.6 is 0 Å². The molecule has 3 unspecified atom stereocenters.